The number of carbonyl (C=O) groups excluding carboxylic acids is 2. The third-order valence-electron chi connectivity index (χ3n) is 7.30. The van der Waals surface area contributed by atoms with E-state index in [2.05, 4.69) is 33.7 Å². The number of nitrogens with one attached hydrogen (secondary N) is 2. The number of likely N-dealkylation sites (tertiary alicyclic amines) is 1. The molecule has 0 aromatic heterocycles. The molecule has 3 aromatic carbocycles. The molecular weight excluding hydrogens is 488 g/mol. The van der Waals surface area contributed by atoms with Crippen molar-refractivity contribution in [3.05, 3.63) is 102 Å². The van der Waals surface area contributed by atoms with Crippen molar-refractivity contribution in [1.29, 1.82) is 0 Å². The predicted molar refractivity (Wildman–Crippen MR) is 155 cm³/mol. The van der Waals surface area contributed by atoms with E-state index in [1.54, 1.807) is 4.90 Å². The van der Waals surface area contributed by atoms with E-state index in [0.29, 0.717) is 32.6 Å². The molecule has 1 aliphatic heterocycles. The molecule has 3 atom stereocenters. The second-order valence-corrected chi connectivity index (χ2v) is 10.5. The van der Waals surface area contributed by atoms with Crippen molar-refractivity contribution in [2.24, 2.45) is 5.92 Å². The van der Waals surface area contributed by atoms with Crippen LogP contribution in [0.5, 0.6) is 0 Å². The normalized spacial score (nSPS) is 16.6. The van der Waals surface area contributed by atoms with Crippen LogP contribution in [0.3, 0.4) is 0 Å². The van der Waals surface area contributed by atoms with Gasteiger partial charge in [0.25, 0.3) is 0 Å². The molecular formula is C32H40N4O3. The smallest absolute Gasteiger partial charge is 0.225 e. The largest absolute Gasteiger partial charge is 0.390 e. The summed E-state index contributed by atoms with van der Waals surface area (Å²) < 4.78 is 0. The zero-order valence-electron chi connectivity index (χ0n) is 22.9. The zero-order chi connectivity index (χ0) is 27.6. The molecule has 1 aliphatic rings. The molecule has 1 heterocycles. The zero-order valence-corrected chi connectivity index (χ0v) is 22.9. The summed E-state index contributed by atoms with van der Waals surface area (Å²) in [7, 11) is 4.02. The molecule has 7 heteroatoms. The maximum absolute atomic E-state index is 13.3. The van der Waals surface area contributed by atoms with Gasteiger partial charge in [-0.1, -0.05) is 72.8 Å². The van der Waals surface area contributed by atoms with Gasteiger partial charge in [-0.2, -0.15) is 0 Å². The number of rotatable bonds is 13. The average Bonchev–Trinajstić information content (AvgIpc) is 3.33. The average molecular weight is 529 g/mol. The summed E-state index contributed by atoms with van der Waals surface area (Å²) in [5.74, 6) is -0.586. The van der Waals surface area contributed by atoms with E-state index in [1.807, 2.05) is 80.8 Å². The second-order valence-electron chi connectivity index (χ2n) is 10.5. The molecule has 3 N–H and O–H groups in total. The number of aliphatic hydroxyl groups excluding tert-OH is 1. The number of carbonyl (C=O) groups is 2. The van der Waals surface area contributed by atoms with Gasteiger partial charge in [-0.05, 0) is 41.7 Å². The molecule has 0 aliphatic carbocycles. The van der Waals surface area contributed by atoms with E-state index >= 15 is 0 Å². The van der Waals surface area contributed by atoms with Crippen molar-refractivity contribution in [3.8, 4) is 0 Å². The number of anilines is 1. The Labute approximate surface area is 231 Å². The number of hydrogen-bond acceptors (Lipinski definition) is 5. The lowest BCUT2D eigenvalue weighted by Gasteiger charge is -2.26. The third-order valence-corrected chi connectivity index (χ3v) is 7.30. The molecule has 1 fully saturated rings. The summed E-state index contributed by atoms with van der Waals surface area (Å²) in [6.45, 7) is 1.95. The molecule has 7 nitrogen and oxygen atoms in total. The minimum atomic E-state index is -0.794. The Balaban J connectivity index is 1.34. The van der Waals surface area contributed by atoms with Gasteiger partial charge in [-0.25, -0.2) is 0 Å². The van der Waals surface area contributed by atoms with Gasteiger partial charge in [0.1, 0.15) is 0 Å². The summed E-state index contributed by atoms with van der Waals surface area (Å²) in [4.78, 5) is 29.8. The monoisotopic (exact) mass is 528 g/mol. The van der Waals surface area contributed by atoms with E-state index in [9.17, 15) is 14.7 Å². The Bertz CT molecular complexity index is 1200. The number of hydrogen-bond donors (Lipinski definition) is 3. The Morgan fingerprint density at radius 2 is 1.64 bits per heavy atom. The van der Waals surface area contributed by atoms with Crippen LogP contribution in [0.2, 0.25) is 0 Å². The van der Waals surface area contributed by atoms with Gasteiger partial charge in [-0.3, -0.25) is 9.59 Å². The molecule has 0 bridgehead atoms. The summed E-state index contributed by atoms with van der Waals surface area (Å²) in [5, 5.41) is 17.6. The van der Waals surface area contributed by atoms with Crippen LogP contribution in [0.25, 0.3) is 0 Å². The molecule has 206 valence electrons. The van der Waals surface area contributed by atoms with Crippen LogP contribution in [0.1, 0.15) is 23.1 Å². The minimum Gasteiger partial charge on any atom is -0.390 e. The summed E-state index contributed by atoms with van der Waals surface area (Å²) >= 11 is 0. The molecule has 4 rings (SSSR count). The maximum Gasteiger partial charge on any atom is 0.225 e. The summed E-state index contributed by atoms with van der Waals surface area (Å²) in [5.41, 5.74) is 4.45. The maximum atomic E-state index is 13.3. The Hall–Kier alpha value is -3.68. The van der Waals surface area contributed by atoms with Crippen molar-refractivity contribution in [2.75, 3.05) is 38.6 Å². The van der Waals surface area contributed by atoms with E-state index in [1.165, 1.54) is 5.56 Å². The molecule has 39 heavy (non-hydrogen) atoms. The SMILES string of the molecule is CN(C)c1cccc(CNC[C@H](O)[C@H](Cc2ccccc2)NC(=O)[C@@H]2CC(=O)N(CCc3ccccc3)C2)c1. The fraction of sp³-hybridized carbons (Fsp3) is 0.375. The van der Waals surface area contributed by atoms with Crippen LogP contribution >= 0.6 is 0 Å². The van der Waals surface area contributed by atoms with Crippen molar-refractivity contribution >= 4 is 17.5 Å². The van der Waals surface area contributed by atoms with Crippen molar-refractivity contribution < 1.29 is 14.7 Å². The van der Waals surface area contributed by atoms with Crippen LogP contribution < -0.4 is 15.5 Å². The second kappa shape index (κ2) is 13.9. The van der Waals surface area contributed by atoms with Crippen LogP contribution in [-0.2, 0) is 29.0 Å². The third kappa shape index (κ3) is 8.40. The molecule has 0 radical (unpaired) electrons. The first-order valence-corrected chi connectivity index (χ1v) is 13.7. The first-order valence-electron chi connectivity index (χ1n) is 13.7. The van der Waals surface area contributed by atoms with Crippen LogP contribution in [0.15, 0.2) is 84.9 Å². The van der Waals surface area contributed by atoms with Gasteiger partial charge in [0.2, 0.25) is 11.8 Å². The van der Waals surface area contributed by atoms with Gasteiger partial charge in [0, 0.05) is 52.4 Å². The highest BCUT2D eigenvalue weighted by atomic mass is 16.3. The number of amides is 2. The number of nitrogens with zero attached hydrogens (tertiary/aromatic N) is 2. The quantitative estimate of drug-likeness (QED) is 0.318. The molecule has 2 amide bonds. The van der Waals surface area contributed by atoms with E-state index in [-0.39, 0.29) is 18.2 Å². The lowest BCUT2D eigenvalue weighted by Crippen LogP contribution is -2.50. The first-order chi connectivity index (χ1) is 18.9. The molecule has 0 spiro atoms. The van der Waals surface area contributed by atoms with Gasteiger partial charge < -0.3 is 25.5 Å². The predicted octanol–water partition coefficient (Wildman–Crippen LogP) is 3.02. The van der Waals surface area contributed by atoms with Gasteiger partial charge in [-0.15, -0.1) is 0 Å². The molecule has 0 unspecified atom stereocenters. The summed E-state index contributed by atoms with van der Waals surface area (Å²) in [6.07, 6.45) is 0.677. The van der Waals surface area contributed by atoms with E-state index in [4.69, 9.17) is 0 Å². The molecule has 1 saturated heterocycles. The minimum absolute atomic E-state index is 0.00728. The van der Waals surface area contributed by atoms with E-state index < -0.39 is 18.1 Å². The Morgan fingerprint density at radius 3 is 2.33 bits per heavy atom. The topological polar surface area (TPSA) is 84.9 Å². The highest BCUT2D eigenvalue weighted by Crippen LogP contribution is 2.20. The fourth-order valence-corrected chi connectivity index (χ4v) is 4.98. The van der Waals surface area contributed by atoms with Gasteiger partial charge in [0.05, 0.1) is 18.1 Å². The van der Waals surface area contributed by atoms with Crippen LogP contribution in [-0.4, -0.2) is 67.7 Å². The summed E-state index contributed by atoms with van der Waals surface area (Å²) in [6, 6.07) is 27.7. The lowest BCUT2D eigenvalue weighted by atomic mass is 9.99. The molecule has 3 aromatic rings. The van der Waals surface area contributed by atoms with Gasteiger partial charge in [0.15, 0.2) is 0 Å². The number of aliphatic hydroxyl groups is 1. The Kier molecular flexibility index (Phi) is 10.1. The standard InChI is InChI=1S/C32H40N4O3/c1-35(2)28-15-9-14-26(18-28)21-33-22-30(37)29(19-25-12-7-4-8-13-25)34-32(39)27-20-31(38)36(23-27)17-16-24-10-5-3-6-11-24/h3-15,18,27,29-30,33,37H,16-17,19-23H2,1-2H3,(H,34,39)/t27-,29+,30+/m1/s1. The van der Waals surface area contributed by atoms with Crippen LogP contribution in [0, 0.1) is 5.92 Å². The van der Waals surface area contributed by atoms with Gasteiger partial charge >= 0.3 is 0 Å². The first kappa shape index (κ1) is 28.3. The number of benzene rings is 3. The highest BCUT2D eigenvalue weighted by molar-refractivity contribution is 5.89. The van der Waals surface area contributed by atoms with Crippen molar-refractivity contribution in [1.82, 2.24) is 15.5 Å². The van der Waals surface area contributed by atoms with Crippen LogP contribution in [0.4, 0.5) is 5.69 Å². The Morgan fingerprint density at radius 1 is 0.974 bits per heavy atom. The lowest BCUT2D eigenvalue weighted by molar-refractivity contribution is -0.129. The van der Waals surface area contributed by atoms with E-state index in [0.717, 1.165) is 23.2 Å². The van der Waals surface area contributed by atoms with Crippen molar-refractivity contribution in [3.63, 3.8) is 0 Å². The fourth-order valence-electron chi connectivity index (χ4n) is 4.98. The van der Waals surface area contributed by atoms with Crippen molar-refractivity contribution in [2.45, 2.75) is 38.0 Å². The highest BCUT2D eigenvalue weighted by Gasteiger charge is 2.35. The molecule has 0 saturated carbocycles.